The Balaban J connectivity index is 2.43. The second-order valence-electron chi connectivity index (χ2n) is 4.06. The highest BCUT2D eigenvalue weighted by molar-refractivity contribution is 7.14. The van der Waals surface area contributed by atoms with Crippen LogP contribution in [0, 0.1) is 13.8 Å². The van der Waals surface area contributed by atoms with Gasteiger partial charge in [-0.15, -0.1) is 11.3 Å². The quantitative estimate of drug-likeness (QED) is 0.780. The molecule has 1 aromatic carbocycles. The number of hydrogen-bond acceptors (Lipinski definition) is 3. The van der Waals surface area contributed by atoms with Crippen LogP contribution in [-0.2, 0) is 6.18 Å². The molecule has 0 aliphatic carbocycles. The first kappa shape index (κ1) is 13.7. The summed E-state index contributed by atoms with van der Waals surface area (Å²) in [6.07, 6.45) is -4.45. The zero-order chi connectivity index (χ0) is 14.2. The number of thiazole rings is 1. The largest absolute Gasteiger partial charge is 0.416 e. The summed E-state index contributed by atoms with van der Waals surface area (Å²) in [5, 5.41) is 0.716. The summed E-state index contributed by atoms with van der Waals surface area (Å²) >= 11 is 1.19. The predicted molar refractivity (Wildman–Crippen MR) is 66.5 cm³/mol. The van der Waals surface area contributed by atoms with Crippen LogP contribution in [0.1, 0.15) is 31.5 Å². The van der Waals surface area contributed by atoms with E-state index < -0.39 is 17.5 Å². The van der Waals surface area contributed by atoms with Crippen LogP contribution in [0.15, 0.2) is 24.3 Å². The minimum atomic E-state index is -4.45. The predicted octanol–water partition coefficient (Wildman–Crippen LogP) is 4.01. The van der Waals surface area contributed by atoms with E-state index in [2.05, 4.69) is 4.98 Å². The second-order valence-corrected chi connectivity index (χ2v) is 5.26. The summed E-state index contributed by atoms with van der Waals surface area (Å²) in [5.41, 5.74) is -0.247. The topological polar surface area (TPSA) is 30.0 Å². The van der Waals surface area contributed by atoms with E-state index in [0.29, 0.717) is 15.6 Å². The second kappa shape index (κ2) is 4.77. The Morgan fingerprint density at radius 2 is 1.95 bits per heavy atom. The third-order valence-corrected chi connectivity index (χ3v) is 3.63. The van der Waals surface area contributed by atoms with Gasteiger partial charge in [-0.05, 0) is 26.0 Å². The number of aromatic nitrogens is 1. The average molecular weight is 285 g/mol. The highest BCUT2D eigenvalue weighted by Crippen LogP contribution is 2.30. The van der Waals surface area contributed by atoms with Gasteiger partial charge in [0, 0.05) is 5.56 Å². The smallest absolute Gasteiger partial charge is 0.288 e. The molecule has 0 aliphatic rings. The van der Waals surface area contributed by atoms with Crippen molar-refractivity contribution in [3.05, 3.63) is 51.0 Å². The number of rotatable bonds is 2. The molecule has 0 spiro atoms. The van der Waals surface area contributed by atoms with Gasteiger partial charge in [0.15, 0.2) is 0 Å². The fraction of sp³-hybridized carbons (Fsp3) is 0.231. The summed E-state index contributed by atoms with van der Waals surface area (Å²) in [7, 11) is 0. The molecule has 0 unspecified atom stereocenters. The van der Waals surface area contributed by atoms with Gasteiger partial charge >= 0.3 is 6.18 Å². The summed E-state index contributed by atoms with van der Waals surface area (Å²) in [5.74, 6) is -0.422. The number of ketones is 1. The van der Waals surface area contributed by atoms with Crippen molar-refractivity contribution in [3.63, 3.8) is 0 Å². The molecule has 2 rings (SSSR count). The fourth-order valence-electron chi connectivity index (χ4n) is 1.71. The first-order valence-corrected chi connectivity index (χ1v) is 6.26. The Morgan fingerprint density at radius 1 is 1.26 bits per heavy atom. The van der Waals surface area contributed by atoms with Crippen LogP contribution in [0.25, 0.3) is 0 Å². The van der Waals surface area contributed by atoms with E-state index in [1.54, 1.807) is 13.8 Å². The summed E-state index contributed by atoms with van der Waals surface area (Å²) < 4.78 is 37.8. The molecule has 0 bridgehead atoms. The maximum atomic E-state index is 12.6. The Kier molecular flexibility index (Phi) is 3.45. The summed E-state index contributed by atoms with van der Waals surface area (Å²) in [6, 6.07) is 4.43. The standard InChI is InChI=1S/C13H10F3NOS/c1-7-12(19-8(2)17-7)11(18)9-4-3-5-10(6-9)13(14,15)16/h3-6H,1-2H3. The number of nitrogens with zero attached hydrogens (tertiary/aromatic N) is 1. The monoisotopic (exact) mass is 285 g/mol. The first-order chi connectivity index (χ1) is 8.79. The number of carbonyl (C=O) groups excluding carboxylic acids is 1. The zero-order valence-electron chi connectivity index (χ0n) is 10.2. The van der Waals surface area contributed by atoms with Crippen molar-refractivity contribution < 1.29 is 18.0 Å². The zero-order valence-corrected chi connectivity index (χ0v) is 11.0. The third kappa shape index (κ3) is 2.84. The van der Waals surface area contributed by atoms with Crippen LogP contribution in [0.4, 0.5) is 13.2 Å². The molecule has 100 valence electrons. The number of carbonyl (C=O) groups is 1. The molecule has 0 saturated carbocycles. The van der Waals surface area contributed by atoms with E-state index >= 15 is 0 Å². The number of hydrogen-bond donors (Lipinski definition) is 0. The Bertz CT molecular complexity index is 631. The van der Waals surface area contributed by atoms with Crippen LogP contribution in [0.3, 0.4) is 0 Å². The third-order valence-electron chi connectivity index (χ3n) is 2.56. The van der Waals surface area contributed by atoms with Crippen molar-refractivity contribution in [3.8, 4) is 0 Å². The van der Waals surface area contributed by atoms with E-state index in [9.17, 15) is 18.0 Å². The lowest BCUT2D eigenvalue weighted by Crippen LogP contribution is -2.08. The van der Waals surface area contributed by atoms with E-state index in [0.717, 1.165) is 12.1 Å². The lowest BCUT2D eigenvalue weighted by Gasteiger charge is -2.07. The lowest BCUT2D eigenvalue weighted by molar-refractivity contribution is -0.137. The molecule has 0 N–H and O–H groups in total. The minimum absolute atomic E-state index is 0.0292. The van der Waals surface area contributed by atoms with Crippen molar-refractivity contribution >= 4 is 17.1 Å². The summed E-state index contributed by atoms with van der Waals surface area (Å²) in [6.45, 7) is 3.42. The van der Waals surface area contributed by atoms with Gasteiger partial charge in [0.1, 0.15) is 0 Å². The van der Waals surface area contributed by atoms with Crippen LogP contribution >= 0.6 is 11.3 Å². The molecule has 2 nitrogen and oxygen atoms in total. The Hall–Kier alpha value is -1.69. The van der Waals surface area contributed by atoms with Gasteiger partial charge in [-0.25, -0.2) is 4.98 Å². The van der Waals surface area contributed by atoms with E-state index in [-0.39, 0.29) is 5.56 Å². The van der Waals surface area contributed by atoms with Crippen molar-refractivity contribution in [1.29, 1.82) is 0 Å². The van der Waals surface area contributed by atoms with Gasteiger partial charge < -0.3 is 0 Å². The first-order valence-electron chi connectivity index (χ1n) is 5.45. The van der Waals surface area contributed by atoms with Gasteiger partial charge in [-0.3, -0.25) is 4.79 Å². The normalized spacial score (nSPS) is 11.6. The molecule has 6 heteroatoms. The number of alkyl halides is 3. The molecule has 0 aliphatic heterocycles. The molecular weight excluding hydrogens is 275 g/mol. The van der Waals surface area contributed by atoms with Crippen molar-refractivity contribution in [2.75, 3.05) is 0 Å². The average Bonchev–Trinajstić information content (AvgIpc) is 2.66. The van der Waals surface area contributed by atoms with Crippen LogP contribution in [0.5, 0.6) is 0 Å². The van der Waals surface area contributed by atoms with Gasteiger partial charge in [-0.2, -0.15) is 13.2 Å². The maximum absolute atomic E-state index is 12.6. The molecular formula is C13H10F3NOS. The summed E-state index contributed by atoms with van der Waals surface area (Å²) in [4.78, 5) is 16.7. The number of aryl methyl sites for hydroxylation is 2. The van der Waals surface area contributed by atoms with Gasteiger partial charge in [0.05, 0.1) is 21.1 Å². The SMILES string of the molecule is Cc1nc(C)c(C(=O)c2cccc(C(F)(F)F)c2)s1. The van der Waals surface area contributed by atoms with Gasteiger partial charge in [0.2, 0.25) is 5.78 Å². The molecule has 0 amide bonds. The molecule has 0 radical (unpaired) electrons. The lowest BCUT2D eigenvalue weighted by atomic mass is 10.1. The highest BCUT2D eigenvalue weighted by Gasteiger charge is 2.31. The molecule has 19 heavy (non-hydrogen) atoms. The maximum Gasteiger partial charge on any atom is 0.416 e. The van der Waals surface area contributed by atoms with Gasteiger partial charge in [-0.1, -0.05) is 12.1 Å². The Morgan fingerprint density at radius 3 is 2.47 bits per heavy atom. The van der Waals surface area contributed by atoms with Crippen molar-refractivity contribution in [1.82, 2.24) is 4.98 Å². The number of benzene rings is 1. The van der Waals surface area contributed by atoms with Crippen LogP contribution in [-0.4, -0.2) is 10.8 Å². The minimum Gasteiger partial charge on any atom is -0.288 e. The Labute approximate surface area is 111 Å². The molecule has 0 atom stereocenters. The fourth-order valence-corrected chi connectivity index (χ4v) is 2.59. The van der Waals surface area contributed by atoms with Crippen LogP contribution in [0.2, 0.25) is 0 Å². The highest BCUT2D eigenvalue weighted by atomic mass is 32.1. The van der Waals surface area contributed by atoms with E-state index in [4.69, 9.17) is 0 Å². The molecule has 2 aromatic rings. The molecule has 0 fully saturated rings. The van der Waals surface area contributed by atoms with E-state index in [1.165, 1.54) is 23.5 Å². The van der Waals surface area contributed by atoms with E-state index in [1.807, 2.05) is 0 Å². The van der Waals surface area contributed by atoms with Crippen LogP contribution < -0.4 is 0 Å². The molecule has 1 aromatic heterocycles. The molecule has 0 saturated heterocycles. The van der Waals surface area contributed by atoms with Crippen molar-refractivity contribution in [2.24, 2.45) is 0 Å². The number of halogens is 3. The van der Waals surface area contributed by atoms with Gasteiger partial charge in [0.25, 0.3) is 0 Å². The van der Waals surface area contributed by atoms with Crippen molar-refractivity contribution in [2.45, 2.75) is 20.0 Å². The molecule has 1 heterocycles.